The van der Waals surface area contributed by atoms with E-state index in [1.165, 1.54) is 0 Å². The highest BCUT2D eigenvalue weighted by atomic mass is 35.5. The van der Waals surface area contributed by atoms with Gasteiger partial charge in [0.1, 0.15) is 5.69 Å². The Kier molecular flexibility index (Phi) is 7.58. The highest BCUT2D eigenvalue weighted by molar-refractivity contribution is 6.04. The number of ketones is 1. The zero-order valence-electron chi connectivity index (χ0n) is 13.1. The van der Waals surface area contributed by atoms with Crippen molar-refractivity contribution >= 4 is 24.1 Å². The van der Waals surface area contributed by atoms with E-state index in [9.17, 15) is 9.59 Å². The molecule has 0 aromatic carbocycles. The molecule has 6 nitrogen and oxygen atoms in total. The number of aromatic amines is 1. The van der Waals surface area contributed by atoms with E-state index in [0.717, 1.165) is 36.2 Å². The first-order valence-corrected chi connectivity index (χ1v) is 7.37. The molecule has 0 radical (unpaired) electrons. The van der Waals surface area contributed by atoms with Gasteiger partial charge in [-0.2, -0.15) is 0 Å². The highest BCUT2D eigenvalue weighted by Crippen LogP contribution is 2.26. The summed E-state index contributed by atoms with van der Waals surface area (Å²) in [5, 5.41) is 6.02. The van der Waals surface area contributed by atoms with Crippen LogP contribution in [0.3, 0.4) is 0 Å². The van der Waals surface area contributed by atoms with Crippen molar-refractivity contribution in [2.75, 3.05) is 33.4 Å². The number of methoxy groups -OCH3 is 1. The molecule has 0 bridgehead atoms. The lowest BCUT2D eigenvalue weighted by Crippen LogP contribution is -2.33. The Bertz CT molecular complexity index is 528. The Morgan fingerprint density at radius 2 is 2.05 bits per heavy atom. The summed E-state index contributed by atoms with van der Waals surface area (Å²) in [5.74, 6) is -0.00600. The normalized spacial score (nSPS) is 13.5. The molecule has 124 valence electrons. The van der Waals surface area contributed by atoms with Crippen LogP contribution < -0.4 is 10.6 Å². The van der Waals surface area contributed by atoms with Gasteiger partial charge in [-0.15, -0.1) is 12.4 Å². The molecular formula is C15H24ClN3O3. The lowest BCUT2D eigenvalue weighted by molar-refractivity contribution is 0.0947. The number of Topliss-reactive ketones (excluding diaryl/α,β-unsaturated/α-hetero) is 1. The van der Waals surface area contributed by atoms with E-state index >= 15 is 0 Å². The molecule has 2 rings (SSSR count). The lowest BCUT2D eigenvalue weighted by Gasteiger charge is -2.09. The fourth-order valence-corrected chi connectivity index (χ4v) is 2.65. The number of hydrogen-bond acceptors (Lipinski definition) is 4. The summed E-state index contributed by atoms with van der Waals surface area (Å²) < 4.78 is 4.92. The maximum atomic E-state index is 12.2. The van der Waals surface area contributed by atoms with Gasteiger partial charge in [-0.3, -0.25) is 9.59 Å². The van der Waals surface area contributed by atoms with Gasteiger partial charge in [0.05, 0.1) is 6.61 Å². The minimum atomic E-state index is -0.150. The zero-order chi connectivity index (χ0) is 15.2. The maximum Gasteiger partial charge on any atom is 0.268 e. The molecule has 0 fully saturated rings. The van der Waals surface area contributed by atoms with E-state index < -0.39 is 0 Å². The quantitative estimate of drug-likeness (QED) is 0.657. The second kappa shape index (κ2) is 8.92. The number of amides is 1. The number of halogens is 1. The van der Waals surface area contributed by atoms with Crippen LogP contribution in [0.1, 0.15) is 44.9 Å². The fraction of sp³-hybridized carbons (Fsp3) is 0.600. The topological polar surface area (TPSA) is 83.2 Å². The van der Waals surface area contributed by atoms with Crippen LogP contribution in [0.5, 0.6) is 0 Å². The van der Waals surface area contributed by atoms with Crippen molar-refractivity contribution in [3.63, 3.8) is 0 Å². The van der Waals surface area contributed by atoms with Crippen LogP contribution in [0, 0.1) is 6.92 Å². The molecule has 0 saturated carbocycles. The molecule has 1 aliphatic carbocycles. The number of H-pyrrole nitrogens is 1. The summed E-state index contributed by atoms with van der Waals surface area (Å²) in [5.41, 5.74) is 2.93. The summed E-state index contributed by atoms with van der Waals surface area (Å²) in [7, 11) is 1.65. The molecular weight excluding hydrogens is 306 g/mol. The number of aryl methyl sites for hydroxylation is 1. The number of carbonyl (C=O) groups is 2. The van der Waals surface area contributed by atoms with E-state index in [4.69, 9.17) is 4.74 Å². The van der Waals surface area contributed by atoms with Gasteiger partial charge >= 0.3 is 0 Å². The van der Waals surface area contributed by atoms with Gasteiger partial charge in [0, 0.05) is 44.4 Å². The fourth-order valence-electron chi connectivity index (χ4n) is 2.65. The third-order valence-electron chi connectivity index (χ3n) is 3.73. The average molecular weight is 330 g/mol. The molecule has 1 aromatic rings. The minimum Gasteiger partial charge on any atom is -0.383 e. The molecule has 22 heavy (non-hydrogen) atoms. The Balaban J connectivity index is 0.00000242. The van der Waals surface area contributed by atoms with Crippen LogP contribution in [0.2, 0.25) is 0 Å². The number of hydrogen-bond donors (Lipinski definition) is 3. The Morgan fingerprint density at radius 3 is 2.73 bits per heavy atom. The number of aromatic nitrogens is 1. The van der Waals surface area contributed by atoms with Gasteiger partial charge in [-0.1, -0.05) is 0 Å². The van der Waals surface area contributed by atoms with Gasteiger partial charge in [0.25, 0.3) is 5.91 Å². The van der Waals surface area contributed by atoms with E-state index in [1.54, 1.807) is 7.11 Å². The Labute approximate surface area is 136 Å². The summed E-state index contributed by atoms with van der Waals surface area (Å²) >= 11 is 0. The van der Waals surface area contributed by atoms with Crippen LogP contribution in [-0.4, -0.2) is 50.0 Å². The highest BCUT2D eigenvalue weighted by Gasteiger charge is 2.25. The molecule has 1 amide bonds. The maximum absolute atomic E-state index is 12.2. The standard InChI is InChI=1S/C15H23N3O3.ClH/c1-10-13-11(4-3-5-12(13)19)18-14(10)15(20)17-7-6-16-8-9-21-2;/h16,18H,3-9H2,1-2H3,(H,17,20);1H. The predicted octanol–water partition coefficient (Wildman–Crippen LogP) is 1.23. The second-order valence-electron chi connectivity index (χ2n) is 5.25. The van der Waals surface area contributed by atoms with E-state index in [0.29, 0.717) is 31.8 Å². The molecule has 0 unspecified atom stereocenters. The number of fused-ring (bicyclic) bond motifs is 1. The number of rotatable bonds is 7. The monoisotopic (exact) mass is 329 g/mol. The van der Waals surface area contributed by atoms with Gasteiger partial charge in [0.15, 0.2) is 5.78 Å². The molecule has 0 aliphatic heterocycles. The molecule has 0 saturated heterocycles. The van der Waals surface area contributed by atoms with E-state index in [-0.39, 0.29) is 24.1 Å². The zero-order valence-corrected chi connectivity index (χ0v) is 13.9. The van der Waals surface area contributed by atoms with E-state index in [1.807, 2.05) is 6.92 Å². The summed E-state index contributed by atoms with van der Waals surface area (Å²) in [4.78, 5) is 27.2. The van der Waals surface area contributed by atoms with Gasteiger partial charge < -0.3 is 20.4 Å². The molecule has 7 heteroatoms. The van der Waals surface area contributed by atoms with Crippen LogP contribution >= 0.6 is 12.4 Å². The third kappa shape index (κ3) is 4.32. The van der Waals surface area contributed by atoms with Gasteiger partial charge in [0.2, 0.25) is 0 Å². The SMILES string of the molecule is COCCNCCNC(=O)c1[nH]c2c(c1C)C(=O)CCC2.Cl. The second-order valence-corrected chi connectivity index (χ2v) is 5.25. The van der Waals surface area contributed by atoms with Crippen LogP contribution in [0.15, 0.2) is 0 Å². The molecule has 3 N–H and O–H groups in total. The number of carbonyl (C=O) groups excluding carboxylic acids is 2. The first-order valence-electron chi connectivity index (χ1n) is 7.37. The summed E-state index contributed by atoms with van der Waals surface area (Å²) in [6, 6.07) is 0. The minimum absolute atomic E-state index is 0. The molecule has 0 atom stereocenters. The van der Waals surface area contributed by atoms with Crippen molar-refractivity contribution in [3.8, 4) is 0 Å². The summed E-state index contributed by atoms with van der Waals surface area (Å²) in [6.07, 6.45) is 2.28. The lowest BCUT2D eigenvalue weighted by atomic mass is 9.94. The first-order chi connectivity index (χ1) is 10.1. The van der Waals surface area contributed by atoms with Crippen molar-refractivity contribution in [1.29, 1.82) is 0 Å². The molecule has 1 aliphatic rings. The smallest absolute Gasteiger partial charge is 0.268 e. The third-order valence-corrected chi connectivity index (χ3v) is 3.73. The van der Waals surface area contributed by atoms with Crippen molar-refractivity contribution in [3.05, 3.63) is 22.5 Å². The van der Waals surface area contributed by atoms with Crippen molar-refractivity contribution in [1.82, 2.24) is 15.6 Å². The van der Waals surface area contributed by atoms with Crippen LogP contribution in [-0.2, 0) is 11.2 Å². The van der Waals surface area contributed by atoms with Gasteiger partial charge in [-0.05, 0) is 25.3 Å². The largest absolute Gasteiger partial charge is 0.383 e. The predicted molar refractivity (Wildman–Crippen MR) is 87.1 cm³/mol. The molecule has 1 aromatic heterocycles. The van der Waals surface area contributed by atoms with Crippen molar-refractivity contribution < 1.29 is 14.3 Å². The average Bonchev–Trinajstić information content (AvgIpc) is 2.81. The van der Waals surface area contributed by atoms with Crippen LogP contribution in [0.4, 0.5) is 0 Å². The number of nitrogens with one attached hydrogen (secondary N) is 3. The van der Waals surface area contributed by atoms with Crippen molar-refractivity contribution in [2.24, 2.45) is 0 Å². The van der Waals surface area contributed by atoms with Crippen molar-refractivity contribution in [2.45, 2.75) is 26.2 Å². The summed E-state index contributed by atoms with van der Waals surface area (Å²) in [6.45, 7) is 4.48. The van der Waals surface area contributed by atoms with E-state index in [2.05, 4.69) is 15.6 Å². The first kappa shape index (κ1) is 18.7. The van der Waals surface area contributed by atoms with Gasteiger partial charge in [-0.25, -0.2) is 0 Å². The Morgan fingerprint density at radius 1 is 1.27 bits per heavy atom. The van der Waals surface area contributed by atoms with Crippen LogP contribution in [0.25, 0.3) is 0 Å². The molecule has 1 heterocycles. The molecule has 0 spiro atoms. The Hall–Kier alpha value is -1.37. The number of ether oxygens (including phenoxy) is 1.